The van der Waals surface area contributed by atoms with E-state index in [1.165, 1.54) is 19.3 Å². The van der Waals surface area contributed by atoms with E-state index in [9.17, 15) is 9.90 Å². The van der Waals surface area contributed by atoms with Crippen LogP contribution < -0.4 is 9.47 Å². The predicted octanol–water partition coefficient (Wildman–Crippen LogP) is 6.96. The smallest absolute Gasteiger partial charge is 0.338 e. The summed E-state index contributed by atoms with van der Waals surface area (Å²) in [6.45, 7) is 4.21. The van der Waals surface area contributed by atoms with Crippen molar-refractivity contribution in [2.75, 3.05) is 26.2 Å². The lowest BCUT2D eigenvalue weighted by molar-refractivity contribution is 0.0535. The van der Waals surface area contributed by atoms with Gasteiger partial charge in [0, 0.05) is 23.1 Å². The minimum atomic E-state index is -0.287. The van der Waals surface area contributed by atoms with E-state index in [4.69, 9.17) is 14.2 Å². The number of nitrogens with zero attached hydrogens (tertiary/aromatic N) is 1. The van der Waals surface area contributed by atoms with E-state index in [2.05, 4.69) is 4.90 Å². The molecule has 0 unspecified atom stereocenters. The summed E-state index contributed by atoms with van der Waals surface area (Å²) < 4.78 is 17.6. The number of carbonyl (C=O) groups excluding carboxylic acids is 1. The van der Waals surface area contributed by atoms with Gasteiger partial charge in [-0.3, -0.25) is 4.90 Å². The molecular formula is C31H30ClNO5. The molecule has 4 aromatic rings. The first-order valence-corrected chi connectivity index (χ1v) is 12.8. The molecule has 0 aliphatic carbocycles. The topological polar surface area (TPSA) is 68.2 Å². The number of benzene rings is 4. The molecule has 0 radical (unpaired) electrons. The lowest BCUT2D eigenvalue weighted by atomic mass is 9.96. The molecule has 1 N–H and O–H groups in total. The average Bonchev–Trinajstić information content (AvgIpc) is 3.30. The lowest BCUT2D eigenvalue weighted by Crippen LogP contribution is -2.33. The monoisotopic (exact) mass is 531 g/mol. The standard InChI is InChI=1S/C31H29NO5.ClH/c33-24-6-13-28-22(19-24)4-11-27(21-5-12-29-23(18-21)20-36-31(29)34)30(28)37-26-9-7-25(8-10-26)35-17-16-32-14-2-1-3-15-32;/h4-13,18-19,33H,1-3,14-17,20H2;1H. The second kappa shape index (κ2) is 11.3. The third kappa shape index (κ3) is 5.42. The quantitative estimate of drug-likeness (QED) is 0.260. The molecule has 2 aliphatic rings. The molecule has 0 amide bonds. The number of rotatable bonds is 7. The molecule has 2 aliphatic heterocycles. The van der Waals surface area contributed by atoms with Crippen molar-refractivity contribution in [1.29, 1.82) is 0 Å². The van der Waals surface area contributed by atoms with Gasteiger partial charge in [0.1, 0.15) is 36.2 Å². The van der Waals surface area contributed by atoms with E-state index in [-0.39, 0.29) is 30.7 Å². The van der Waals surface area contributed by atoms with Gasteiger partial charge in [-0.25, -0.2) is 4.79 Å². The van der Waals surface area contributed by atoms with Gasteiger partial charge in [-0.05, 0) is 97.5 Å². The second-order valence-electron chi connectivity index (χ2n) is 9.62. The van der Waals surface area contributed by atoms with Gasteiger partial charge in [0.15, 0.2) is 0 Å². The zero-order valence-corrected chi connectivity index (χ0v) is 21.8. The Morgan fingerprint density at radius 1 is 0.842 bits per heavy atom. The maximum absolute atomic E-state index is 11.9. The van der Waals surface area contributed by atoms with Gasteiger partial charge in [0.2, 0.25) is 0 Å². The third-order valence-corrected chi connectivity index (χ3v) is 7.12. The van der Waals surface area contributed by atoms with Crippen LogP contribution in [-0.4, -0.2) is 42.2 Å². The molecule has 0 bridgehead atoms. The predicted molar refractivity (Wildman–Crippen MR) is 150 cm³/mol. The molecule has 6 nitrogen and oxygen atoms in total. The van der Waals surface area contributed by atoms with Crippen LogP contribution in [0, 0.1) is 0 Å². The summed E-state index contributed by atoms with van der Waals surface area (Å²) >= 11 is 0. The number of likely N-dealkylation sites (tertiary alicyclic amines) is 1. The SMILES string of the molecule is Cl.O=C1OCc2cc(-c3ccc4cc(O)ccc4c3Oc3ccc(OCCN4CCCCC4)cc3)ccc21. The van der Waals surface area contributed by atoms with Gasteiger partial charge < -0.3 is 19.3 Å². The molecule has 7 heteroatoms. The van der Waals surface area contributed by atoms with Crippen LogP contribution in [0.1, 0.15) is 35.2 Å². The molecule has 38 heavy (non-hydrogen) atoms. The van der Waals surface area contributed by atoms with Crippen molar-refractivity contribution in [2.24, 2.45) is 0 Å². The first-order chi connectivity index (χ1) is 18.1. The fourth-order valence-corrected chi connectivity index (χ4v) is 5.12. The highest BCUT2D eigenvalue weighted by atomic mass is 35.5. The van der Waals surface area contributed by atoms with E-state index in [0.29, 0.717) is 23.7 Å². The highest BCUT2D eigenvalue weighted by Gasteiger charge is 2.22. The Hall–Kier alpha value is -3.74. The molecule has 0 atom stereocenters. The summed E-state index contributed by atoms with van der Waals surface area (Å²) in [6.07, 6.45) is 3.89. The normalized spacial score (nSPS) is 15.0. The van der Waals surface area contributed by atoms with Crippen molar-refractivity contribution in [3.05, 3.63) is 83.9 Å². The molecule has 1 saturated heterocycles. The molecule has 0 saturated carbocycles. The van der Waals surface area contributed by atoms with Crippen LogP contribution in [0.5, 0.6) is 23.0 Å². The summed E-state index contributed by atoms with van der Waals surface area (Å²) in [5.74, 6) is 2.10. The minimum Gasteiger partial charge on any atom is -0.508 e. The van der Waals surface area contributed by atoms with Crippen LogP contribution in [-0.2, 0) is 11.3 Å². The molecule has 0 aromatic heterocycles. The van der Waals surface area contributed by atoms with E-state index < -0.39 is 0 Å². The molecule has 4 aromatic carbocycles. The summed E-state index contributed by atoms with van der Waals surface area (Å²) in [6, 6.07) is 22.6. The Labute approximate surface area is 228 Å². The zero-order chi connectivity index (χ0) is 25.2. The van der Waals surface area contributed by atoms with E-state index in [0.717, 1.165) is 52.8 Å². The van der Waals surface area contributed by atoms with E-state index in [1.54, 1.807) is 18.2 Å². The number of cyclic esters (lactones) is 1. The first-order valence-electron chi connectivity index (χ1n) is 12.8. The second-order valence-corrected chi connectivity index (χ2v) is 9.62. The van der Waals surface area contributed by atoms with E-state index in [1.807, 2.05) is 54.6 Å². The van der Waals surface area contributed by atoms with Crippen molar-refractivity contribution in [3.8, 4) is 34.1 Å². The Bertz CT molecular complexity index is 1450. The van der Waals surface area contributed by atoms with Crippen LogP contribution >= 0.6 is 12.4 Å². The number of phenolic OH excluding ortho intramolecular Hbond substituents is 1. The zero-order valence-electron chi connectivity index (χ0n) is 21.0. The van der Waals surface area contributed by atoms with Crippen LogP contribution in [0.2, 0.25) is 0 Å². The molecule has 1 fully saturated rings. The Kier molecular flexibility index (Phi) is 7.72. The Morgan fingerprint density at radius 2 is 1.61 bits per heavy atom. The highest BCUT2D eigenvalue weighted by Crippen LogP contribution is 2.41. The lowest BCUT2D eigenvalue weighted by Gasteiger charge is -2.26. The average molecular weight is 532 g/mol. The summed E-state index contributed by atoms with van der Waals surface area (Å²) in [4.78, 5) is 14.4. The highest BCUT2D eigenvalue weighted by molar-refractivity contribution is 5.98. The molecule has 6 rings (SSSR count). The van der Waals surface area contributed by atoms with Gasteiger partial charge in [-0.1, -0.05) is 18.6 Å². The number of esters is 1. The summed E-state index contributed by atoms with van der Waals surface area (Å²) in [5.41, 5.74) is 3.29. The van der Waals surface area contributed by atoms with Gasteiger partial charge in [0.05, 0.1) is 5.56 Å². The van der Waals surface area contributed by atoms with Crippen molar-refractivity contribution < 1.29 is 24.1 Å². The van der Waals surface area contributed by atoms with Crippen molar-refractivity contribution in [1.82, 2.24) is 4.90 Å². The number of piperidine rings is 1. The van der Waals surface area contributed by atoms with Crippen LogP contribution in [0.4, 0.5) is 0 Å². The first kappa shape index (κ1) is 25.9. The third-order valence-electron chi connectivity index (χ3n) is 7.12. The Balaban J connectivity index is 0.00000294. The van der Waals surface area contributed by atoms with Crippen LogP contribution in [0.15, 0.2) is 72.8 Å². The molecular weight excluding hydrogens is 502 g/mol. The van der Waals surface area contributed by atoms with Gasteiger partial charge in [-0.15, -0.1) is 12.4 Å². The number of hydrogen-bond donors (Lipinski definition) is 1. The van der Waals surface area contributed by atoms with E-state index >= 15 is 0 Å². The number of aromatic hydroxyl groups is 1. The number of halogens is 1. The number of hydrogen-bond acceptors (Lipinski definition) is 6. The fraction of sp³-hybridized carbons (Fsp3) is 0.258. The van der Waals surface area contributed by atoms with Gasteiger partial charge in [-0.2, -0.15) is 0 Å². The van der Waals surface area contributed by atoms with Crippen molar-refractivity contribution in [2.45, 2.75) is 25.9 Å². The maximum atomic E-state index is 11.9. The molecule has 2 heterocycles. The number of phenols is 1. The van der Waals surface area contributed by atoms with Crippen molar-refractivity contribution in [3.63, 3.8) is 0 Å². The number of fused-ring (bicyclic) bond motifs is 2. The largest absolute Gasteiger partial charge is 0.508 e. The summed E-state index contributed by atoms with van der Waals surface area (Å²) in [7, 11) is 0. The summed E-state index contributed by atoms with van der Waals surface area (Å²) in [5, 5.41) is 11.8. The molecule has 196 valence electrons. The van der Waals surface area contributed by atoms with Gasteiger partial charge >= 0.3 is 5.97 Å². The van der Waals surface area contributed by atoms with Gasteiger partial charge in [0.25, 0.3) is 0 Å². The Morgan fingerprint density at radius 3 is 2.42 bits per heavy atom. The molecule has 0 spiro atoms. The number of carbonyl (C=O) groups is 1. The van der Waals surface area contributed by atoms with Crippen molar-refractivity contribution >= 4 is 29.1 Å². The van der Waals surface area contributed by atoms with Crippen LogP contribution in [0.3, 0.4) is 0 Å². The fourth-order valence-electron chi connectivity index (χ4n) is 5.12. The maximum Gasteiger partial charge on any atom is 0.338 e. The number of ether oxygens (including phenoxy) is 3. The van der Waals surface area contributed by atoms with Crippen LogP contribution in [0.25, 0.3) is 21.9 Å². The minimum absolute atomic E-state index is 0.